The van der Waals surface area contributed by atoms with E-state index in [1.807, 2.05) is 80.3 Å². The zero-order valence-corrected chi connectivity index (χ0v) is 15.3. The van der Waals surface area contributed by atoms with E-state index in [2.05, 4.69) is 15.4 Å². The molecule has 134 valence electrons. The molecule has 1 aromatic heterocycles. The average Bonchev–Trinajstić information content (AvgIpc) is 3.09. The fraction of sp³-hybridized carbons (Fsp3) is 0.300. The second kappa shape index (κ2) is 7.91. The van der Waals surface area contributed by atoms with Crippen LogP contribution in [0.25, 0.3) is 11.4 Å². The SMILES string of the molecule is Cc1ccc(-c2nnn(CC(=O)N(Cc3ccccc3)C(C)C)n2)cc1. The van der Waals surface area contributed by atoms with Gasteiger partial charge in [-0.2, -0.15) is 4.80 Å². The van der Waals surface area contributed by atoms with Gasteiger partial charge in [0.15, 0.2) is 0 Å². The molecule has 0 N–H and O–H groups in total. The zero-order chi connectivity index (χ0) is 18.5. The quantitative estimate of drug-likeness (QED) is 0.686. The topological polar surface area (TPSA) is 63.9 Å². The summed E-state index contributed by atoms with van der Waals surface area (Å²) in [6.45, 7) is 6.68. The number of aryl methyl sites for hydroxylation is 1. The van der Waals surface area contributed by atoms with Crippen LogP contribution in [0.15, 0.2) is 54.6 Å². The van der Waals surface area contributed by atoms with Crippen molar-refractivity contribution in [2.75, 3.05) is 0 Å². The first-order valence-corrected chi connectivity index (χ1v) is 8.71. The average molecular weight is 349 g/mol. The molecular formula is C20H23N5O. The maximum Gasteiger partial charge on any atom is 0.246 e. The lowest BCUT2D eigenvalue weighted by Gasteiger charge is -2.26. The van der Waals surface area contributed by atoms with Crippen LogP contribution in [0, 0.1) is 6.92 Å². The van der Waals surface area contributed by atoms with E-state index in [1.165, 1.54) is 10.4 Å². The van der Waals surface area contributed by atoms with E-state index >= 15 is 0 Å². The summed E-state index contributed by atoms with van der Waals surface area (Å²) < 4.78 is 0. The Hall–Kier alpha value is -3.02. The molecule has 0 atom stereocenters. The van der Waals surface area contributed by atoms with Gasteiger partial charge in [0.05, 0.1) is 0 Å². The van der Waals surface area contributed by atoms with E-state index in [9.17, 15) is 4.79 Å². The van der Waals surface area contributed by atoms with Crippen LogP contribution in [0.5, 0.6) is 0 Å². The molecule has 2 aromatic carbocycles. The van der Waals surface area contributed by atoms with Gasteiger partial charge in [0.25, 0.3) is 0 Å². The molecule has 6 nitrogen and oxygen atoms in total. The second-order valence-corrected chi connectivity index (χ2v) is 6.61. The molecule has 0 saturated carbocycles. The highest BCUT2D eigenvalue weighted by atomic mass is 16.2. The Morgan fingerprint density at radius 1 is 1.08 bits per heavy atom. The molecule has 1 amide bonds. The monoisotopic (exact) mass is 349 g/mol. The number of carbonyl (C=O) groups is 1. The predicted octanol–water partition coefficient (Wildman–Crippen LogP) is 3.09. The summed E-state index contributed by atoms with van der Waals surface area (Å²) in [6, 6.07) is 18.0. The third-order valence-electron chi connectivity index (χ3n) is 4.18. The Morgan fingerprint density at radius 2 is 1.77 bits per heavy atom. The van der Waals surface area contributed by atoms with E-state index in [-0.39, 0.29) is 18.5 Å². The van der Waals surface area contributed by atoms with Crippen molar-refractivity contribution in [2.45, 2.75) is 39.9 Å². The Kier molecular flexibility index (Phi) is 5.41. The van der Waals surface area contributed by atoms with Gasteiger partial charge in [-0.15, -0.1) is 10.2 Å². The van der Waals surface area contributed by atoms with Crippen LogP contribution in [0.4, 0.5) is 0 Å². The van der Waals surface area contributed by atoms with Gasteiger partial charge in [0, 0.05) is 18.2 Å². The number of benzene rings is 2. The van der Waals surface area contributed by atoms with Crippen molar-refractivity contribution in [2.24, 2.45) is 0 Å². The van der Waals surface area contributed by atoms with Crippen molar-refractivity contribution in [3.05, 3.63) is 65.7 Å². The van der Waals surface area contributed by atoms with Gasteiger partial charge in [-0.05, 0) is 31.5 Å². The lowest BCUT2D eigenvalue weighted by molar-refractivity contribution is -0.134. The zero-order valence-electron chi connectivity index (χ0n) is 15.3. The maximum atomic E-state index is 12.7. The largest absolute Gasteiger partial charge is 0.334 e. The summed E-state index contributed by atoms with van der Waals surface area (Å²) >= 11 is 0. The minimum absolute atomic E-state index is 0.0308. The Morgan fingerprint density at radius 3 is 2.42 bits per heavy atom. The molecule has 0 fully saturated rings. The van der Waals surface area contributed by atoms with Gasteiger partial charge >= 0.3 is 0 Å². The molecule has 6 heteroatoms. The van der Waals surface area contributed by atoms with Crippen LogP contribution in [-0.4, -0.2) is 37.1 Å². The normalized spacial score (nSPS) is 10.9. The summed E-state index contributed by atoms with van der Waals surface area (Å²) in [6.07, 6.45) is 0. The fourth-order valence-electron chi connectivity index (χ4n) is 2.68. The lowest BCUT2D eigenvalue weighted by Crippen LogP contribution is -2.39. The molecule has 0 aliphatic rings. The number of nitrogens with zero attached hydrogens (tertiary/aromatic N) is 5. The molecule has 1 heterocycles. The summed E-state index contributed by atoms with van der Waals surface area (Å²) in [5.74, 6) is 0.494. The number of tetrazole rings is 1. The number of amides is 1. The van der Waals surface area contributed by atoms with Crippen molar-refractivity contribution < 1.29 is 4.79 Å². The van der Waals surface area contributed by atoms with E-state index in [0.717, 1.165) is 11.1 Å². The fourth-order valence-corrected chi connectivity index (χ4v) is 2.68. The summed E-state index contributed by atoms with van der Waals surface area (Å²) in [5, 5.41) is 12.4. The highest BCUT2D eigenvalue weighted by Crippen LogP contribution is 2.14. The summed E-state index contributed by atoms with van der Waals surface area (Å²) in [5.41, 5.74) is 3.16. The van der Waals surface area contributed by atoms with Gasteiger partial charge < -0.3 is 4.90 Å². The Bertz CT molecular complexity index is 855. The first kappa shape index (κ1) is 17.8. The smallest absolute Gasteiger partial charge is 0.246 e. The van der Waals surface area contributed by atoms with Crippen LogP contribution < -0.4 is 0 Å². The number of hydrogen-bond acceptors (Lipinski definition) is 4. The van der Waals surface area contributed by atoms with Crippen LogP contribution >= 0.6 is 0 Å². The van der Waals surface area contributed by atoms with Crippen molar-refractivity contribution >= 4 is 5.91 Å². The third-order valence-corrected chi connectivity index (χ3v) is 4.18. The molecule has 0 aliphatic heterocycles. The standard InChI is InChI=1S/C20H23N5O/c1-15(2)24(13-17-7-5-4-6-8-17)19(26)14-25-22-20(21-23-25)18-11-9-16(3)10-12-18/h4-12,15H,13-14H2,1-3H3. The molecular weight excluding hydrogens is 326 g/mol. The first-order chi connectivity index (χ1) is 12.5. The van der Waals surface area contributed by atoms with Gasteiger partial charge in [-0.25, -0.2) is 0 Å². The van der Waals surface area contributed by atoms with E-state index in [1.54, 1.807) is 0 Å². The van der Waals surface area contributed by atoms with E-state index < -0.39 is 0 Å². The minimum atomic E-state index is -0.0308. The lowest BCUT2D eigenvalue weighted by atomic mass is 10.1. The highest BCUT2D eigenvalue weighted by Gasteiger charge is 2.19. The number of hydrogen-bond donors (Lipinski definition) is 0. The third kappa shape index (κ3) is 4.33. The van der Waals surface area contributed by atoms with E-state index in [0.29, 0.717) is 12.4 Å². The van der Waals surface area contributed by atoms with Crippen molar-refractivity contribution in [1.82, 2.24) is 25.1 Å². The van der Waals surface area contributed by atoms with Gasteiger partial charge in [-0.3, -0.25) is 4.79 Å². The maximum absolute atomic E-state index is 12.7. The van der Waals surface area contributed by atoms with Crippen molar-refractivity contribution in [3.8, 4) is 11.4 Å². The number of aromatic nitrogens is 4. The molecule has 3 rings (SSSR count). The second-order valence-electron chi connectivity index (χ2n) is 6.61. The molecule has 0 bridgehead atoms. The minimum Gasteiger partial charge on any atom is -0.334 e. The predicted molar refractivity (Wildman–Crippen MR) is 100 cm³/mol. The first-order valence-electron chi connectivity index (χ1n) is 8.71. The van der Waals surface area contributed by atoms with Crippen molar-refractivity contribution in [3.63, 3.8) is 0 Å². The summed E-state index contributed by atoms with van der Waals surface area (Å²) in [7, 11) is 0. The molecule has 3 aromatic rings. The van der Waals surface area contributed by atoms with Gasteiger partial charge in [0.2, 0.25) is 11.7 Å². The summed E-state index contributed by atoms with van der Waals surface area (Å²) in [4.78, 5) is 15.9. The van der Waals surface area contributed by atoms with Gasteiger partial charge in [-0.1, -0.05) is 60.2 Å². The van der Waals surface area contributed by atoms with Crippen LogP contribution in [0.3, 0.4) is 0 Å². The van der Waals surface area contributed by atoms with Crippen LogP contribution in [0.1, 0.15) is 25.0 Å². The van der Waals surface area contributed by atoms with Crippen LogP contribution in [0.2, 0.25) is 0 Å². The highest BCUT2D eigenvalue weighted by molar-refractivity contribution is 5.76. The molecule has 0 radical (unpaired) electrons. The molecule has 0 aliphatic carbocycles. The molecule has 0 spiro atoms. The van der Waals surface area contributed by atoms with Crippen molar-refractivity contribution in [1.29, 1.82) is 0 Å². The Labute approximate surface area is 153 Å². The number of carbonyl (C=O) groups excluding carboxylic acids is 1. The number of rotatable bonds is 6. The Balaban J connectivity index is 1.70. The molecule has 0 unspecified atom stereocenters. The molecule has 26 heavy (non-hydrogen) atoms. The van der Waals surface area contributed by atoms with Crippen LogP contribution in [-0.2, 0) is 17.9 Å². The molecule has 0 saturated heterocycles. The van der Waals surface area contributed by atoms with E-state index in [4.69, 9.17) is 0 Å². The van der Waals surface area contributed by atoms with Gasteiger partial charge in [0.1, 0.15) is 6.54 Å².